The van der Waals surface area contributed by atoms with Gasteiger partial charge in [-0.2, -0.15) is 0 Å². The Labute approximate surface area is 236 Å². The minimum absolute atomic E-state index is 0.298. The molecule has 0 aliphatic rings. The monoisotopic (exact) mass is 564 g/mol. The first-order valence-electron chi connectivity index (χ1n) is 12.1. The minimum Gasteiger partial charge on any atom is -0.481 e. The van der Waals surface area contributed by atoms with Gasteiger partial charge >= 0.3 is 0 Å². The summed E-state index contributed by atoms with van der Waals surface area (Å²) in [6.07, 6.45) is -1.44. The third kappa shape index (κ3) is 8.40. The van der Waals surface area contributed by atoms with Crippen LogP contribution in [0.4, 0.5) is 11.4 Å². The molecule has 4 aromatic carbocycles. The molecule has 2 N–H and O–H groups in total. The lowest BCUT2D eigenvalue weighted by molar-refractivity contribution is -0.122. The zero-order chi connectivity index (χ0) is 27.8. The number of amides is 2. The molecule has 0 unspecified atom stereocenters. The van der Waals surface area contributed by atoms with Gasteiger partial charge in [-0.3, -0.25) is 9.59 Å². The van der Waals surface area contributed by atoms with Crippen LogP contribution in [0, 0.1) is 0 Å². The standard InChI is InChI=1S/C30H26Cl2N2O5/c1-19(37-27-7-3-5-21(31)17-27)29(35)33-23-9-13-25(14-10-23)39-26-15-11-24(12-16-26)34-30(36)20(2)38-28-8-4-6-22(32)18-28/h3-20H,1-2H3,(H,33,35)(H,34,36)/t19-,20-/m0/s1. The molecule has 0 aromatic heterocycles. The largest absolute Gasteiger partial charge is 0.481 e. The number of anilines is 2. The Kier molecular flexibility index (Phi) is 9.31. The van der Waals surface area contributed by atoms with E-state index in [1.54, 1.807) is 111 Å². The molecule has 0 aliphatic heterocycles. The van der Waals surface area contributed by atoms with E-state index < -0.39 is 12.2 Å². The molecule has 200 valence electrons. The summed E-state index contributed by atoms with van der Waals surface area (Å²) in [6.45, 7) is 3.32. The molecule has 0 heterocycles. The number of rotatable bonds is 10. The topological polar surface area (TPSA) is 85.9 Å². The molecule has 0 bridgehead atoms. The Hall–Kier alpha value is -4.20. The van der Waals surface area contributed by atoms with E-state index in [2.05, 4.69) is 10.6 Å². The summed E-state index contributed by atoms with van der Waals surface area (Å²) in [4.78, 5) is 25.0. The van der Waals surface area contributed by atoms with Gasteiger partial charge in [0.05, 0.1) is 0 Å². The number of benzene rings is 4. The van der Waals surface area contributed by atoms with Gasteiger partial charge in [0.1, 0.15) is 23.0 Å². The van der Waals surface area contributed by atoms with Crippen LogP contribution in [0.3, 0.4) is 0 Å². The second-order valence-corrected chi connectivity index (χ2v) is 9.44. The molecule has 2 atom stereocenters. The maximum absolute atomic E-state index is 12.5. The van der Waals surface area contributed by atoms with E-state index in [1.165, 1.54) is 0 Å². The summed E-state index contributed by atoms with van der Waals surface area (Å²) in [5.41, 5.74) is 1.20. The fourth-order valence-electron chi connectivity index (χ4n) is 3.43. The summed E-state index contributed by atoms with van der Waals surface area (Å²) < 4.78 is 17.2. The summed E-state index contributed by atoms with van der Waals surface area (Å²) in [7, 11) is 0. The molecule has 4 rings (SSSR count). The van der Waals surface area contributed by atoms with Crippen LogP contribution in [0.15, 0.2) is 97.1 Å². The van der Waals surface area contributed by atoms with E-state index in [4.69, 9.17) is 37.4 Å². The highest BCUT2D eigenvalue weighted by Gasteiger charge is 2.16. The summed E-state index contributed by atoms with van der Waals surface area (Å²) >= 11 is 11.9. The molecule has 4 aromatic rings. The predicted molar refractivity (Wildman–Crippen MR) is 153 cm³/mol. The molecule has 9 heteroatoms. The van der Waals surface area contributed by atoms with Crippen molar-refractivity contribution in [2.24, 2.45) is 0 Å². The van der Waals surface area contributed by atoms with E-state index in [1.807, 2.05) is 0 Å². The van der Waals surface area contributed by atoms with Crippen LogP contribution in [0.5, 0.6) is 23.0 Å². The predicted octanol–water partition coefficient (Wildman–Crippen LogP) is 7.60. The van der Waals surface area contributed by atoms with Crippen molar-refractivity contribution in [2.75, 3.05) is 10.6 Å². The average molecular weight is 565 g/mol. The van der Waals surface area contributed by atoms with Crippen LogP contribution < -0.4 is 24.8 Å². The lowest BCUT2D eigenvalue weighted by Crippen LogP contribution is -2.30. The number of nitrogens with one attached hydrogen (secondary N) is 2. The fourth-order valence-corrected chi connectivity index (χ4v) is 3.79. The van der Waals surface area contributed by atoms with E-state index in [0.717, 1.165) is 0 Å². The summed E-state index contributed by atoms with van der Waals surface area (Å²) in [6, 6.07) is 27.6. The SMILES string of the molecule is C[C@H](Oc1cccc(Cl)c1)C(=O)Nc1ccc(Oc2ccc(NC(=O)[C@H](C)Oc3cccc(Cl)c3)cc2)cc1. The number of carbonyl (C=O) groups excluding carboxylic acids is 2. The van der Waals surface area contributed by atoms with Crippen molar-refractivity contribution in [3.8, 4) is 23.0 Å². The van der Waals surface area contributed by atoms with Crippen molar-refractivity contribution in [3.63, 3.8) is 0 Å². The first-order valence-corrected chi connectivity index (χ1v) is 12.8. The zero-order valence-corrected chi connectivity index (χ0v) is 22.7. The van der Waals surface area contributed by atoms with Crippen LogP contribution in [-0.2, 0) is 9.59 Å². The maximum atomic E-state index is 12.5. The van der Waals surface area contributed by atoms with Crippen molar-refractivity contribution in [1.29, 1.82) is 0 Å². The molecule has 0 saturated heterocycles. The highest BCUT2D eigenvalue weighted by molar-refractivity contribution is 6.31. The molecule has 0 saturated carbocycles. The minimum atomic E-state index is -0.718. The lowest BCUT2D eigenvalue weighted by atomic mass is 10.2. The molecule has 39 heavy (non-hydrogen) atoms. The number of hydrogen-bond acceptors (Lipinski definition) is 5. The summed E-state index contributed by atoms with van der Waals surface area (Å²) in [5, 5.41) is 6.68. The number of ether oxygens (including phenoxy) is 3. The quantitative estimate of drug-likeness (QED) is 0.207. The van der Waals surface area contributed by atoms with Crippen LogP contribution in [-0.4, -0.2) is 24.0 Å². The number of hydrogen-bond donors (Lipinski definition) is 2. The Morgan fingerprint density at radius 1 is 0.590 bits per heavy atom. The molecule has 0 radical (unpaired) electrons. The molecule has 0 fully saturated rings. The molecular formula is C30H26Cl2N2O5. The van der Waals surface area contributed by atoms with Gasteiger partial charge in [-0.05, 0) is 98.8 Å². The number of halogens is 2. The fraction of sp³-hybridized carbons (Fsp3) is 0.133. The van der Waals surface area contributed by atoms with Crippen molar-refractivity contribution in [3.05, 3.63) is 107 Å². The van der Waals surface area contributed by atoms with Crippen LogP contribution in [0.25, 0.3) is 0 Å². The first-order chi connectivity index (χ1) is 18.7. The van der Waals surface area contributed by atoms with Gasteiger partial charge in [-0.25, -0.2) is 0 Å². The first kappa shape index (κ1) is 27.8. The van der Waals surface area contributed by atoms with E-state index >= 15 is 0 Å². The second-order valence-electron chi connectivity index (χ2n) is 8.56. The Morgan fingerprint density at radius 2 is 0.974 bits per heavy atom. The van der Waals surface area contributed by atoms with Gasteiger partial charge in [0.2, 0.25) is 0 Å². The van der Waals surface area contributed by atoms with Crippen molar-refractivity contribution >= 4 is 46.4 Å². The Balaban J connectivity index is 1.26. The van der Waals surface area contributed by atoms with Gasteiger partial charge in [-0.15, -0.1) is 0 Å². The zero-order valence-electron chi connectivity index (χ0n) is 21.2. The Bertz CT molecular complexity index is 1320. The van der Waals surface area contributed by atoms with E-state index in [0.29, 0.717) is 44.4 Å². The highest BCUT2D eigenvalue weighted by Crippen LogP contribution is 2.25. The van der Waals surface area contributed by atoms with Gasteiger partial charge in [0, 0.05) is 21.4 Å². The molecule has 0 spiro atoms. The van der Waals surface area contributed by atoms with Gasteiger partial charge in [-0.1, -0.05) is 35.3 Å². The third-order valence-electron chi connectivity index (χ3n) is 5.44. The highest BCUT2D eigenvalue weighted by atomic mass is 35.5. The third-order valence-corrected chi connectivity index (χ3v) is 5.91. The second kappa shape index (κ2) is 13.0. The normalized spacial score (nSPS) is 12.1. The van der Waals surface area contributed by atoms with Crippen LogP contribution in [0.2, 0.25) is 10.0 Å². The average Bonchev–Trinajstić information content (AvgIpc) is 2.91. The van der Waals surface area contributed by atoms with Crippen LogP contribution >= 0.6 is 23.2 Å². The van der Waals surface area contributed by atoms with Crippen molar-refractivity contribution in [2.45, 2.75) is 26.1 Å². The molecule has 7 nitrogen and oxygen atoms in total. The Morgan fingerprint density at radius 3 is 1.33 bits per heavy atom. The van der Waals surface area contributed by atoms with Crippen LogP contribution in [0.1, 0.15) is 13.8 Å². The van der Waals surface area contributed by atoms with E-state index in [9.17, 15) is 9.59 Å². The van der Waals surface area contributed by atoms with Gasteiger partial charge in [0.15, 0.2) is 12.2 Å². The van der Waals surface area contributed by atoms with Crippen molar-refractivity contribution < 1.29 is 23.8 Å². The summed E-state index contributed by atoms with van der Waals surface area (Å²) in [5.74, 6) is 1.59. The van der Waals surface area contributed by atoms with Crippen molar-refractivity contribution in [1.82, 2.24) is 0 Å². The molecular weight excluding hydrogens is 539 g/mol. The molecule has 2 amide bonds. The van der Waals surface area contributed by atoms with Gasteiger partial charge < -0.3 is 24.8 Å². The maximum Gasteiger partial charge on any atom is 0.265 e. The smallest absolute Gasteiger partial charge is 0.265 e. The lowest BCUT2D eigenvalue weighted by Gasteiger charge is -2.15. The van der Waals surface area contributed by atoms with Gasteiger partial charge in [0.25, 0.3) is 11.8 Å². The van der Waals surface area contributed by atoms with E-state index in [-0.39, 0.29) is 11.8 Å². The molecule has 0 aliphatic carbocycles. The number of carbonyl (C=O) groups is 2.